The third-order valence-electron chi connectivity index (χ3n) is 3.10. The molecule has 1 heteroatoms. The molecule has 0 spiro atoms. The summed E-state index contributed by atoms with van der Waals surface area (Å²) in [5.41, 5.74) is 4.95. The van der Waals surface area contributed by atoms with Gasteiger partial charge < -0.3 is 4.57 Å². The second kappa shape index (κ2) is 4.53. The van der Waals surface area contributed by atoms with Gasteiger partial charge in [-0.1, -0.05) is 42.5 Å². The van der Waals surface area contributed by atoms with Gasteiger partial charge in [-0.3, -0.25) is 0 Å². The summed E-state index contributed by atoms with van der Waals surface area (Å²) in [5.74, 6) is 0. The summed E-state index contributed by atoms with van der Waals surface area (Å²) in [6, 6.07) is 23.3. The maximum atomic E-state index is 2.22. The highest BCUT2D eigenvalue weighted by Gasteiger charge is 2.04. The lowest BCUT2D eigenvalue weighted by atomic mass is 10.1. The van der Waals surface area contributed by atoms with Crippen LogP contribution in [-0.4, -0.2) is 4.57 Å². The van der Waals surface area contributed by atoms with Crippen molar-refractivity contribution < 1.29 is 0 Å². The van der Waals surface area contributed by atoms with E-state index in [9.17, 15) is 0 Å². The van der Waals surface area contributed by atoms with Gasteiger partial charge in [-0.2, -0.15) is 0 Å². The van der Waals surface area contributed by atoms with Gasteiger partial charge in [0.05, 0.1) is 5.69 Å². The minimum Gasteiger partial charge on any atom is -0.317 e. The fourth-order valence-electron chi connectivity index (χ4n) is 2.23. The molecule has 1 heterocycles. The molecular formula is C17H15N. The molecule has 3 aromatic rings. The first kappa shape index (κ1) is 10.8. The average Bonchev–Trinajstić information content (AvgIpc) is 2.89. The van der Waals surface area contributed by atoms with Crippen molar-refractivity contribution in [3.63, 3.8) is 0 Å². The van der Waals surface area contributed by atoms with E-state index in [2.05, 4.69) is 78.4 Å². The fraction of sp³-hybridized carbons (Fsp3) is 0.0588. The number of nitrogens with zero attached hydrogens (tertiary/aromatic N) is 1. The molecule has 0 fully saturated rings. The summed E-state index contributed by atoms with van der Waals surface area (Å²) in [7, 11) is 0. The molecule has 0 aliphatic rings. The van der Waals surface area contributed by atoms with Crippen LogP contribution in [0.25, 0.3) is 16.9 Å². The normalized spacial score (nSPS) is 10.5. The third-order valence-corrected chi connectivity index (χ3v) is 3.10. The van der Waals surface area contributed by atoms with Gasteiger partial charge in [0.25, 0.3) is 0 Å². The Hall–Kier alpha value is -2.28. The van der Waals surface area contributed by atoms with Gasteiger partial charge in [-0.15, -0.1) is 0 Å². The van der Waals surface area contributed by atoms with Crippen LogP contribution in [0, 0.1) is 6.92 Å². The molecule has 2 aromatic carbocycles. The lowest BCUT2D eigenvalue weighted by Crippen LogP contribution is -1.95. The van der Waals surface area contributed by atoms with Crippen molar-refractivity contribution in [2.75, 3.05) is 0 Å². The standard InChI is InChI=1S/C17H15N/c1-14-7-5-10-16(13-14)18-12-6-11-17(18)15-8-3-2-4-9-15/h2-13H,1H3. The SMILES string of the molecule is Cc1cccc(-n2cccc2-c2ccccc2)c1. The number of hydrogen-bond donors (Lipinski definition) is 0. The molecule has 18 heavy (non-hydrogen) atoms. The van der Waals surface area contributed by atoms with Crippen LogP contribution >= 0.6 is 0 Å². The average molecular weight is 233 g/mol. The lowest BCUT2D eigenvalue weighted by molar-refractivity contribution is 1.08. The molecule has 0 N–H and O–H groups in total. The Bertz CT molecular complexity index is 650. The highest BCUT2D eigenvalue weighted by molar-refractivity contribution is 5.63. The maximum absolute atomic E-state index is 2.22. The van der Waals surface area contributed by atoms with Crippen molar-refractivity contribution in [1.82, 2.24) is 4.57 Å². The molecule has 3 rings (SSSR count). The second-order valence-electron chi connectivity index (χ2n) is 4.47. The largest absolute Gasteiger partial charge is 0.317 e. The minimum absolute atomic E-state index is 1.21. The topological polar surface area (TPSA) is 4.93 Å². The summed E-state index contributed by atoms with van der Waals surface area (Å²) in [5, 5.41) is 0. The number of rotatable bonds is 2. The quantitative estimate of drug-likeness (QED) is 0.616. The fourth-order valence-corrected chi connectivity index (χ4v) is 2.23. The molecule has 0 atom stereocenters. The van der Waals surface area contributed by atoms with Crippen molar-refractivity contribution in [1.29, 1.82) is 0 Å². The third kappa shape index (κ3) is 1.95. The number of aromatic nitrogens is 1. The van der Waals surface area contributed by atoms with Crippen LogP contribution < -0.4 is 0 Å². The van der Waals surface area contributed by atoms with Gasteiger partial charge in [0.15, 0.2) is 0 Å². The number of benzene rings is 2. The van der Waals surface area contributed by atoms with Crippen LogP contribution in [0.3, 0.4) is 0 Å². The van der Waals surface area contributed by atoms with E-state index in [0.717, 1.165) is 0 Å². The molecule has 0 saturated carbocycles. The molecule has 0 bridgehead atoms. The van der Waals surface area contributed by atoms with E-state index in [4.69, 9.17) is 0 Å². The van der Waals surface area contributed by atoms with Gasteiger partial charge in [0.1, 0.15) is 0 Å². The number of hydrogen-bond acceptors (Lipinski definition) is 0. The van der Waals surface area contributed by atoms with Crippen molar-refractivity contribution >= 4 is 0 Å². The molecule has 0 aliphatic carbocycles. The minimum atomic E-state index is 1.21. The van der Waals surface area contributed by atoms with Crippen LogP contribution in [0.1, 0.15) is 5.56 Å². The van der Waals surface area contributed by atoms with Crippen LogP contribution in [0.2, 0.25) is 0 Å². The van der Waals surface area contributed by atoms with Crippen molar-refractivity contribution in [3.8, 4) is 16.9 Å². The van der Waals surface area contributed by atoms with Crippen molar-refractivity contribution in [2.24, 2.45) is 0 Å². The predicted octanol–water partition coefficient (Wildman–Crippen LogP) is 4.45. The Morgan fingerprint density at radius 1 is 0.778 bits per heavy atom. The maximum Gasteiger partial charge on any atom is 0.0528 e. The molecule has 0 aliphatic heterocycles. The van der Waals surface area contributed by atoms with Crippen LogP contribution in [0.5, 0.6) is 0 Å². The summed E-state index contributed by atoms with van der Waals surface area (Å²) in [6.07, 6.45) is 2.11. The Kier molecular flexibility index (Phi) is 2.73. The first-order valence-electron chi connectivity index (χ1n) is 6.14. The monoisotopic (exact) mass is 233 g/mol. The highest BCUT2D eigenvalue weighted by atomic mass is 15.0. The molecule has 1 aromatic heterocycles. The Morgan fingerprint density at radius 2 is 1.61 bits per heavy atom. The van der Waals surface area contributed by atoms with E-state index >= 15 is 0 Å². The molecule has 88 valence electrons. The second-order valence-corrected chi connectivity index (χ2v) is 4.47. The Morgan fingerprint density at radius 3 is 2.39 bits per heavy atom. The van der Waals surface area contributed by atoms with Crippen molar-refractivity contribution in [3.05, 3.63) is 78.5 Å². The molecule has 0 radical (unpaired) electrons. The van der Waals surface area contributed by atoms with Gasteiger partial charge in [-0.05, 0) is 42.3 Å². The lowest BCUT2D eigenvalue weighted by Gasteiger charge is -2.10. The molecular weight excluding hydrogens is 218 g/mol. The van der Waals surface area contributed by atoms with Crippen LogP contribution in [0.15, 0.2) is 72.9 Å². The van der Waals surface area contributed by atoms with E-state index in [1.165, 1.54) is 22.5 Å². The van der Waals surface area contributed by atoms with E-state index < -0.39 is 0 Å². The molecule has 0 saturated heterocycles. The molecule has 1 nitrogen and oxygen atoms in total. The van der Waals surface area contributed by atoms with Gasteiger partial charge in [0.2, 0.25) is 0 Å². The predicted molar refractivity (Wildman–Crippen MR) is 75.9 cm³/mol. The Balaban J connectivity index is 2.13. The van der Waals surface area contributed by atoms with E-state index in [1.807, 2.05) is 6.07 Å². The van der Waals surface area contributed by atoms with E-state index in [0.29, 0.717) is 0 Å². The summed E-state index contributed by atoms with van der Waals surface area (Å²) in [4.78, 5) is 0. The highest BCUT2D eigenvalue weighted by Crippen LogP contribution is 2.23. The van der Waals surface area contributed by atoms with Crippen LogP contribution in [-0.2, 0) is 0 Å². The Labute approximate surface area is 107 Å². The number of aryl methyl sites for hydroxylation is 1. The zero-order valence-corrected chi connectivity index (χ0v) is 10.4. The van der Waals surface area contributed by atoms with Crippen molar-refractivity contribution in [2.45, 2.75) is 6.92 Å². The molecule has 0 amide bonds. The summed E-state index contributed by atoms with van der Waals surface area (Å²) < 4.78 is 2.22. The zero-order chi connectivity index (χ0) is 12.4. The van der Waals surface area contributed by atoms with Gasteiger partial charge >= 0.3 is 0 Å². The van der Waals surface area contributed by atoms with E-state index in [-0.39, 0.29) is 0 Å². The van der Waals surface area contributed by atoms with Crippen LogP contribution in [0.4, 0.5) is 0 Å². The van der Waals surface area contributed by atoms with Gasteiger partial charge in [0, 0.05) is 11.9 Å². The smallest absolute Gasteiger partial charge is 0.0528 e. The van der Waals surface area contributed by atoms with E-state index in [1.54, 1.807) is 0 Å². The first-order valence-corrected chi connectivity index (χ1v) is 6.14. The summed E-state index contributed by atoms with van der Waals surface area (Å²) in [6.45, 7) is 2.12. The molecule has 0 unspecified atom stereocenters. The zero-order valence-electron chi connectivity index (χ0n) is 10.4. The van der Waals surface area contributed by atoms with Gasteiger partial charge in [-0.25, -0.2) is 0 Å². The summed E-state index contributed by atoms with van der Waals surface area (Å²) >= 11 is 0. The first-order chi connectivity index (χ1) is 8.84.